The average Bonchev–Trinajstić information content (AvgIpc) is 2.57. The van der Waals surface area contributed by atoms with E-state index in [4.69, 9.17) is 0 Å². The first-order valence-electron chi connectivity index (χ1n) is 5.42. The van der Waals surface area contributed by atoms with Gasteiger partial charge >= 0.3 is 0 Å². The van der Waals surface area contributed by atoms with E-state index in [2.05, 4.69) is 6.92 Å². The maximum atomic E-state index is 11.6. The zero-order valence-corrected chi connectivity index (χ0v) is 9.25. The molecule has 0 bridgehead atoms. The molecule has 1 amide bonds. The Morgan fingerprint density at radius 2 is 2.21 bits per heavy atom. The number of likely N-dealkylation sites (tertiary alicyclic amines) is 1. The van der Waals surface area contributed by atoms with Gasteiger partial charge in [-0.25, -0.2) is 0 Å². The van der Waals surface area contributed by atoms with Crippen LogP contribution in [0.4, 0.5) is 0 Å². The second kappa shape index (κ2) is 4.58. The lowest BCUT2D eigenvalue weighted by Gasteiger charge is -2.23. The van der Waals surface area contributed by atoms with Gasteiger partial charge in [-0.15, -0.1) is 0 Å². The first-order chi connectivity index (χ1) is 6.60. The molecular formula is C11H19NO2. The summed E-state index contributed by atoms with van der Waals surface area (Å²) in [4.78, 5) is 24.8. The lowest BCUT2D eigenvalue weighted by Crippen LogP contribution is -2.39. The predicted octanol–water partition coefficient (Wildman–Crippen LogP) is 1.61. The number of carbonyl (C=O) groups excluding carboxylic acids is 2. The number of ketones is 1. The smallest absolute Gasteiger partial charge is 0.223 e. The Morgan fingerprint density at radius 1 is 1.57 bits per heavy atom. The van der Waals surface area contributed by atoms with Crippen LogP contribution in [-0.2, 0) is 9.59 Å². The van der Waals surface area contributed by atoms with Crippen molar-refractivity contribution in [2.45, 2.75) is 46.1 Å². The largest absolute Gasteiger partial charge is 0.333 e. The SMILES string of the molecule is CCC(=O)C(C)N1CC(CC)CC1=O. The number of hydrogen-bond acceptors (Lipinski definition) is 2. The third kappa shape index (κ3) is 2.14. The molecular weight excluding hydrogens is 178 g/mol. The molecule has 0 aliphatic carbocycles. The van der Waals surface area contributed by atoms with Crippen molar-refractivity contribution in [2.75, 3.05) is 6.54 Å². The van der Waals surface area contributed by atoms with E-state index in [1.807, 2.05) is 13.8 Å². The van der Waals surface area contributed by atoms with Crippen molar-refractivity contribution >= 4 is 11.7 Å². The first-order valence-corrected chi connectivity index (χ1v) is 5.42. The number of carbonyl (C=O) groups is 2. The van der Waals surface area contributed by atoms with Crippen molar-refractivity contribution < 1.29 is 9.59 Å². The summed E-state index contributed by atoms with van der Waals surface area (Å²) in [7, 11) is 0. The number of Topliss-reactive ketones (excluding diaryl/α,β-unsaturated/α-hetero) is 1. The Bertz CT molecular complexity index is 237. The van der Waals surface area contributed by atoms with E-state index < -0.39 is 0 Å². The minimum Gasteiger partial charge on any atom is -0.333 e. The molecule has 14 heavy (non-hydrogen) atoms. The van der Waals surface area contributed by atoms with Crippen molar-refractivity contribution in [1.82, 2.24) is 4.90 Å². The molecule has 0 aromatic heterocycles. The van der Waals surface area contributed by atoms with E-state index in [1.54, 1.807) is 4.90 Å². The number of hydrogen-bond donors (Lipinski definition) is 0. The van der Waals surface area contributed by atoms with Crippen molar-refractivity contribution in [1.29, 1.82) is 0 Å². The molecule has 0 aromatic carbocycles. The van der Waals surface area contributed by atoms with Crippen molar-refractivity contribution in [3.05, 3.63) is 0 Å². The molecule has 1 saturated heterocycles. The van der Waals surface area contributed by atoms with Crippen LogP contribution in [0.15, 0.2) is 0 Å². The second-order valence-electron chi connectivity index (χ2n) is 4.02. The van der Waals surface area contributed by atoms with Crippen LogP contribution >= 0.6 is 0 Å². The Morgan fingerprint density at radius 3 is 2.64 bits per heavy atom. The highest BCUT2D eigenvalue weighted by molar-refractivity contribution is 5.89. The zero-order chi connectivity index (χ0) is 10.7. The van der Waals surface area contributed by atoms with E-state index in [0.29, 0.717) is 18.8 Å². The zero-order valence-electron chi connectivity index (χ0n) is 9.25. The van der Waals surface area contributed by atoms with Crippen LogP contribution in [0.1, 0.15) is 40.0 Å². The van der Waals surface area contributed by atoms with Crippen molar-refractivity contribution in [3.8, 4) is 0 Å². The molecule has 0 radical (unpaired) electrons. The number of nitrogens with zero attached hydrogens (tertiary/aromatic N) is 1. The standard InChI is InChI=1S/C11H19NO2/c1-4-9-6-11(14)12(7-9)8(3)10(13)5-2/h8-9H,4-7H2,1-3H3. The normalized spacial score (nSPS) is 24.1. The van der Waals surface area contributed by atoms with Gasteiger partial charge in [0.2, 0.25) is 5.91 Å². The van der Waals surface area contributed by atoms with Crippen molar-refractivity contribution in [2.24, 2.45) is 5.92 Å². The van der Waals surface area contributed by atoms with E-state index in [-0.39, 0.29) is 17.7 Å². The van der Waals surface area contributed by atoms with Gasteiger partial charge < -0.3 is 4.90 Å². The molecule has 1 fully saturated rings. The summed E-state index contributed by atoms with van der Waals surface area (Å²) in [5, 5.41) is 0. The highest BCUT2D eigenvalue weighted by atomic mass is 16.2. The minimum atomic E-state index is -0.218. The highest BCUT2D eigenvalue weighted by Crippen LogP contribution is 2.22. The summed E-state index contributed by atoms with van der Waals surface area (Å²) < 4.78 is 0. The lowest BCUT2D eigenvalue weighted by molar-refractivity contribution is -0.135. The van der Waals surface area contributed by atoms with Gasteiger partial charge in [-0.3, -0.25) is 9.59 Å². The molecule has 0 N–H and O–H groups in total. The molecule has 1 aliphatic heterocycles. The quantitative estimate of drug-likeness (QED) is 0.686. The van der Waals surface area contributed by atoms with Crippen LogP contribution in [0, 0.1) is 5.92 Å². The summed E-state index contributed by atoms with van der Waals surface area (Å²) in [6.07, 6.45) is 2.16. The Labute approximate surface area is 85.5 Å². The summed E-state index contributed by atoms with van der Waals surface area (Å²) in [6, 6.07) is -0.218. The maximum absolute atomic E-state index is 11.6. The lowest BCUT2D eigenvalue weighted by atomic mass is 10.1. The van der Waals surface area contributed by atoms with Gasteiger partial charge in [0.05, 0.1) is 6.04 Å². The van der Waals surface area contributed by atoms with Crippen LogP contribution < -0.4 is 0 Å². The van der Waals surface area contributed by atoms with Crippen LogP contribution in [0.25, 0.3) is 0 Å². The number of rotatable bonds is 4. The molecule has 2 unspecified atom stereocenters. The summed E-state index contributed by atoms with van der Waals surface area (Å²) >= 11 is 0. The van der Waals surface area contributed by atoms with Crippen LogP contribution in [0.5, 0.6) is 0 Å². The van der Waals surface area contributed by atoms with E-state index in [9.17, 15) is 9.59 Å². The van der Waals surface area contributed by atoms with E-state index in [0.717, 1.165) is 13.0 Å². The van der Waals surface area contributed by atoms with Crippen molar-refractivity contribution in [3.63, 3.8) is 0 Å². The van der Waals surface area contributed by atoms with E-state index in [1.165, 1.54) is 0 Å². The Hall–Kier alpha value is -0.860. The molecule has 0 spiro atoms. The van der Waals surface area contributed by atoms with Gasteiger partial charge in [0.25, 0.3) is 0 Å². The molecule has 1 rings (SSSR count). The highest BCUT2D eigenvalue weighted by Gasteiger charge is 2.33. The fourth-order valence-electron chi connectivity index (χ4n) is 1.93. The van der Waals surface area contributed by atoms with Crippen LogP contribution in [0.2, 0.25) is 0 Å². The summed E-state index contributed by atoms with van der Waals surface area (Å²) in [6.45, 7) is 6.54. The molecule has 3 nitrogen and oxygen atoms in total. The monoisotopic (exact) mass is 197 g/mol. The summed E-state index contributed by atoms with van der Waals surface area (Å²) in [5.74, 6) is 0.760. The van der Waals surface area contributed by atoms with Crippen LogP contribution in [-0.4, -0.2) is 29.2 Å². The fraction of sp³-hybridized carbons (Fsp3) is 0.818. The molecule has 1 heterocycles. The average molecular weight is 197 g/mol. The topological polar surface area (TPSA) is 37.4 Å². The van der Waals surface area contributed by atoms with Gasteiger partial charge in [0, 0.05) is 19.4 Å². The van der Waals surface area contributed by atoms with E-state index >= 15 is 0 Å². The second-order valence-corrected chi connectivity index (χ2v) is 4.02. The summed E-state index contributed by atoms with van der Waals surface area (Å²) in [5.41, 5.74) is 0. The third-order valence-electron chi connectivity index (χ3n) is 3.10. The first kappa shape index (κ1) is 11.2. The molecule has 3 heteroatoms. The van der Waals surface area contributed by atoms with Gasteiger partial charge in [0.1, 0.15) is 0 Å². The maximum Gasteiger partial charge on any atom is 0.223 e. The third-order valence-corrected chi connectivity index (χ3v) is 3.10. The molecule has 0 saturated carbocycles. The molecule has 1 aliphatic rings. The molecule has 0 aromatic rings. The number of amides is 1. The van der Waals surface area contributed by atoms with Gasteiger partial charge in [-0.1, -0.05) is 20.3 Å². The van der Waals surface area contributed by atoms with Gasteiger partial charge in [0.15, 0.2) is 5.78 Å². The minimum absolute atomic E-state index is 0.145. The molecule has 2 atom stereocenters. The van der Waals surface area contributed by atoms with Gasteiger partial charge in [-0.2, -0.15) is 0 Å². The predicted molar refractivity (Wildman–Crippen MR) is 54.9 cm³/mol. The Balaban J connectivity index is 2.61. The molecule has 80 valence electrons. The fourth-order valence-corrected chi connectivity index (χ4v) is 1.93. The van der Waals surface area contributed by atoms with Gasteiger partial charge in [-0.05, 0) is 12.8 Å². The Kier molecular flexibility index (Phi) is 3.67. The van der Waals surface area contributed by atoms with Crippen LogP contribution in [0.3, 0.4) is 0 Å².